The number of benzene rings is 9. The van der Waals surface area contributed by atoms with Crippen molar-refractivity contribution in [1.82, 2.24) is 54.1 Å². The Labute approximate surface area is 827 Å². The number of carbonyl (C=O) groups excluding carboxylic acids is 4. The number of ether oxygens (including phenoxy) is 3. The van der Waals surface area contributed by atoms with Gasteiger partial charge in [-0.25, -0.2) is 18.7 Å². The summed E-state index contributed by atoms with van der Waals surface area (Å²) in [6.07, 6.45) is 19.4. The van der Waals surface area contributed by atoms with Crippen LogP contribution in [0.2, 0.25) is 0 Å². The van der Waals surface area contributed by atoms with Gasteiger partial charge < -0.3 is 63.5 Å². The molecular weight excluding hydrogens is 1780 g/mol. The summed E-state index contributed by atoms with van der Waals surface area (Å²) in [5, 5.41) is 42.2. The Hall–Kier alpha value is -15.2. The number of pyridine rings is 3. The first-order valence-electron chi connectivity index (χ1n) is 48.6. The number of rotatable bonds is 36. The Morgan fingerprint density at radius 1 is 0.345 bits per heavy atom. The van der Waals surface area contributed by atoms with Crippen LogP contribution in [0.3, 0.4) is 0 Å². The van der Waals surface area contributed by atoms with Crippen LogP contribution in [0.25, 0.3) is 22.7 Å². The highest BCUT2D eigenvalue weighted by molar-refractivity contribution is 6.06. The molecule has 0 saturated heterocycles. The zero-order chi connectivity index (χ0) is 98.6. The van der Waals surface area contributed by atoms with Crippen LogP contribution in [0.15, 0.2) is 316 Å². The predicted octanol–water partition coefficient (Wildman–Crippen LogP) is 20.0. The largest absolute Gasteiger partial charge is 0.380 e. The maximum Gasteiger partial charge on any atom is 0.274 e. The van der Waals surface area contributed by atoms with Crippen molar-refractivity contribution in [3.8, 4) is 22.7 Å². The zero-order valence-electron chi connectivity index (χ0n) is 80.6. The van der Waals surface area contributed by atoms with Gasteiger partial charge in [0, 0.05) is 91.0 Å². The van der Waals surface area contributed by atoms with Crippen LogP contribution in [-0.4, -0.2) is 103 Å². The van der Waals surface area contributed by atoms with Crippen molar-refractivity contribution in [3.05, 3.63) is 434 Å². The van der Waals surface area contributed by atoms with Crippen molar-refractivity contribution in [2.24, 2.45) is 46.6 Å². The second-order valence-corrected chi connectivity index (χ2v) is 37.1. The quantitative estimate of drug-likeness (QED) is 0.0176. The Kier molecular flexibility index (Phi) is 32.1. The minimum absolute atomic E-state index is 0.186. The summed E-state index contributed by atoms with van der Waals surface area (Å²) in [6.45, 7) is 13.4. The zero-order valence-corrected chi connectivity index (χ0v) is 80.6. The highest BCUT2D eigenvalue weighted by atomic mass is 16.5. The van der Waals surface area contributed by atoms with Gasteiger partial charge in [-0.15, -0.1) is 0 Å². The van der Waals surface area contributed by atoms with E-state index in [4.69, 9.17) is 37.1 Å². The maximum atomic E-state index is 13.4. The van der Waals surface area contributed by atoms with E-state index in [0.717, 1.165) is 132 Å². The lowest BCUT2D eigenvalue weighted by Gasteiger charge is -2.29. The molecule has 7 heterocycles. The van der Waals surface area contributed by atoms with Crippen LogP contribution >= 0.6 is 0 Å². The molecule has 27 nitrogen and oxygen atoms in total. The molecule has 142 heavy (non-hydrogen) atoms. The third-order valence-corrected chi connectivity index (χ3v) is 25.4. The molecule has 4 fully saturated rings. The summed E-state index contributed by atoms with van der Waals surface area (Å²) in [6, 6.07) is 90.9. The number of hydrogen-bond donors (Lipinski definition) is 9. The Bertz CT molecular complexity index is 6820. The number of aromatic nitrogens is 11. The first-order chi connectivity index (χ1) is 69.2. The van der Waals surface area contributed by atoms with Gasteiger partial charge in [0.05, 0.1) is 71.0 Å². The molecule has 20 rings (SSSR count). The van der Waals surface area contributed by atoms with E-state index in [1.165, 1.54) is 56.9 Å². The molecule has 9 aromatic carbocycles. The van der Waals surface area contributed by atoms with Gasteiger partial charge in [0.25, 0.3) is 23.6 Å². The lowest BCUT2D eigenvalue weighted by molar-refractivity contribution is 0.0666. The smallest absolute Gasteiger partial charge is 0.274 e. The first kappa shape index (κ1) is 98.4. The predicted molar refractivity (Wildman–Crippen MR) is 553 cm³/mol. The minimum atomic E-state index is -1.18. The normalized spacial score (nSPS) is 14.2. The SMILES string of the molecule is Cc1cc(C(=O)Nc2cccc(C(O)(CCC3CC3)c3cccnc3)c2)n(-c2cccc(CN)c2)n1.Cc1cc(C(=O)Nc2cccc(C(OCC3CC3)c3ccccn3)c2)n(-c2cccc(CN)c2)n1.Cc1cc(C(=O)Nc2cccc(C(OCC3CC3)c3cccnc3)c2)n(-c2cccc(CN)c2)n1.Cc1cccc(C(OCC2CC2)c2cccc(NC(=O)c3cc(C)nn3-c3cccc(CN)c3)c2)c1. The number of anilines is 4. The van der Waals surface area contributed by atoms with Crippen molar-refractivity contribution < 1.29 is 38.5 Å². The molecule has 0 bridgehead atoms. The van der Waals surface area contributed by atoms with E-state index in [0.29, 0.717) is 108 Å². The van der Waals surface area contributed by atoms with Gasteiger partial charge in [-0.1, -0.05) is 158 Å². The fourth-order valence-electron chi connectivity index (χ4n) is 17.1. The van der Waals surface area contributed by atoms with Gasteiger partial charge in [0.2, 0.25) is 0 Å². The summed E-state index contributed by atoms with van der Waals surface area (Å²) in [4.78, 5) is 66.4. The summed E-state index contributed by atoms with van der Waals surface area (Å²) in [5.41, 5.74) is 45.2. The number of aryl methyl sites for hydroxylation is 5. The minimum Gasteiger partial charge on any atom is -0.380 e. The van der Waals surface area contributed by atoms with E-state index in [-0.39, 0.29) is 41.9 Å². The van der Waals surface area contributed by atoms with E-state index in [2.05, 4.69) is 93.9 Å². The van der Waals surface area contributed by atoms with Crippen molar-refractivity contribution in [2.75, 3.05) is 41.1 Å². The summed E-state index contributed by atoms with van der Waals surface area (Å²) in [5.74, 6) is 1.61. The molecule has 4 atom stereocenters. The summed E-state index contributed by atoms with van der Waals surface area (Å²) in [7, 11) is 0. The number of carbonyl (C=O) groups is 4. The molecule has 4 unspecified atom stereocenters. The molecule has 4 aliphatic rings. The average Bonchev–Trinajstić information content (AvgIpc) is 1.43. The molecule has 7 aromatic heterocycles. The van der Waals surface area contributed by atoms with Crippen LogP contribution in [0.4, 0.5) is 22.7 Å². The molecule has 0 spiro atoms. The molecule has 16 aromatic rings. The van der Waals surface area contributed by atoms with Gasteiger partial charge in [-0.3, -0.25) is 34.1 Å². The first-order valence-corrected chi connectivity index (χ1v) is 48.6. The van der Waals surface area contributed by atoms with Crippen LogP contribution < -0.4 is 44.2 Å². The summed E-state index contributed by atoms with van der Waals surface area (Å²) >= 11 is 0. The molecule has 13 N–H and O–H groups in total. The van der Waals surface area contributed by atoms with Gasteiger partial charge in [-0.2, -0.15) is 20.4 Å². The van der Waals surface area contributed by atoms with Crippen LogP contribution in [0, 0.1) is 58.3 Å². The fourth-order valence-corrected chi connectivity index (χ4v) is 17.1. The highest BCUT2D eigenvalue weighted by Gasteiger charge is 2.36. The number of nitrogens with one attached hydrogen (secondary N) is 4. The van der Waals surface area contributed by atoms with Crippen molar-refractivity contribution in [3.63, 3.8) is 0 Å². The topological polar surface area (TPSA) is 378 Å². The second-order valence-electron chi connectivity index (χ2n) is 37.1. The molecule has 4 amide bonds. The van der Waals surface area contributed by atoms with Crippen LogP contribution in [0.1, 0.15) is 220 Å². The number of nitrogens with zero attached hydrogens (tertiary/aromatic N) is 11. The van der Waals surface area contributed by atoms with Gasteiger partial charge in [-0.05, 0) is 305 Å². The van der Waals surface area contributed by atoms with Crippen LogP contribution in [0.5, 0.6) is 0 Å². The number of aliphatic hydroxyl groups is 1. The Morgan fingerprint density at radius 3 is 1.04 bits per heavy atom. The molecule has 0 radical (unpaired) electrons. The molecule has 27 heteroatoms. The van der Waals surface area contributed by atoms with E-state index in [9.17, 15) is 24.3 Å². The monoisotopic (exact) mass is 1900 g/mol. The molecule has 0 aliphatic heterocycles. The lowest BCUT2D eigenvalue weighted by Crippen LogP contribution is -2.28. The van der Waals surface area contributed by atoms with E-state index >= 15 is 0 Å². The standard InChI is InChI=1S/C30H32N4O2.C29H31N5O2.2C28H29N5O2/c1-20-6-3-8-24(14-20)29(36-19-22-12-13-22)25-9-5-10-26(17-25)32-30(35)28-15-21(2)33-34(28)27-11-4-7-23(16-27)18-31;1-20-15-27(34(33-20)26-9-2-5-22(16-26)18-30)28(35)32-25-8-3-6-23(17-25)29(36,13-12-21-10-11-21)24-7-4-14-31-19-24;1-19-13-26(33(32-19)25-9-2-5-21(14-25)16-29)28(34)31-24-8-3-6-22(15-24)27(35-18-20-10-11-20)23-7-4-12-30-17-23;1-19-14-26(33(32-19)24-9-4-6-21(15-24)17-29)28(34)31-23-8-5-7-22(16-23)27(35-18-20-11-12-20)25-10-2-3-13-30-25/h3-11,14-17,22,29H,12-13,18-19,31H2,1-2H3,(H,32,35);2-9,14-17,19,21,36H,10-13,18,30H2,1H3,(H,32,35);2-9,12-15,17,20,27H,10-11,16,18,29H2,1H3,(H,31,34);2-10,13-16,20,27H,11-12,17-18,29H2,1H3,(H,31,34). The lowest BCUT2D eigenvalue weighted by atomic mass is 9.82. The van der Waals surface area contributed by atoms with Crippen molar-refractivity contribution >= 4 is 46.4 Å². The van der Waals surface area contributed by atoms with E-state index < -0.39 is 5.60 Å². The molecule has 724 valence electrons. The van der Waals surface area contributed by atoms with Crippen molar-refractivity contribution in [2.45, 2.75) is 149 Å². The summed E-state index contributed by atoms with van der Waals surface area (Å²) < 4.78 is 25.6. The number of nitrogens with two attached hydrogens (primary N) is 4. The third-order valence-electron chi connectivity index (χ3n) is 25.4. The third kappa shape index (κ3) is 25.9. The average molecular weight is 1900 g/mol. The van der Waals surface area contributed by atoms with E-state index in [1.807, 2.05) is 264 Å². The Morgan fingerprint density at radius 2 is 0.683 bits per heavy atom. The molecule has 4 saturated carbocycles. The molecular formula is C115H121N19O8. The maximum absolute atomic E-state index is 13.4. The van der Waals surface area contributed by atoms with Crippen LogP contribution in [-0.2, 0) is 46.0 Å². The highest BCUT2D eigenvalue weighted by Crippen LogP contribution is 2.43. The van der Waals surface area contributed by atoms with Gasteiger partial charge in [0.1, 0.15) is 46.7 Å². The molecule has 4 aliphatic carbocycles. The fraction of sp³-hybridized carbons (Fsp3) is 0.261. The number of hydrogen-bond acceptors (Lipinski definition) is 19. The van der Waals surface area contributed by atoms with Gasteiger partial charge >= 0.3 is 0 Å². The van der Waals surface area contributed by atoms with E-state index in [1.54, 1.807) is 67.8 Å². The van der Waals surface area contributed by atoms with Crippen molar-refractivity contribution in [1.29, 1.82) is 0 Å². The second kappa shape index (κ2) is 46.3. The Balaban J connectivity index is 0.000000130. The van der Waals surface area contributed by atoms with Gasteiger partial charge in [0.15, 0.2) is 0 Å². The number of amides is 4.